The van der Waals surface area contributed by atoms with Crippen LogP contribution < -0.4 is 5.73 Å². The Morgan fingerprint density at radius 1 is 1.07 bits per heavy atom. The van der Waals surface area contributed by atoms with Crippen molar-refractivity contribution >= 4 is 0 Å². The summed E-state index contributed by atoms with van der Waals surface area (Å²) in [5.74, 6) is 0. The second-order valence-electron chi connectivity index (χ2n) is 3.56. The van der Waals surface area contributed by atoms with Crippen molar-refractivity contribution in [3.05, 3.63) is 48.0 Å². The topological polar surface area (TPSA) is 26.0 Å². The molecule has 0 spiro atoms. The van der Waals surface area contributed by atoms with Crippen LogP contribution in [-0.4, -0.2) is 6.54 Å². The largest absolute Gasteiger partial charge is 0.330 e. The van der Waals surface area contributed by atoms with Crippen molar-refractivity contribution in [2.24, 2.45) is 5.73 Å². The first-order valence-electron chi connectivity index (χ1n) is 5.25. The van der Waals surface area contributed by atoms with Gasteiger partial charge in [0.05, 0.1) is 0 Å². The molecule has 0 bridgehead atoms. The first-order chi connectivity index (χ1) is 6.86. The molecule has 0 aliphatic carbocycles. The van der Waals surface area contributed by atoms with E-state index in [1.807, 2.05) is 6.08 Å². The molecule has 0 aliphatic rings. The van der Waals surface area contributed by atoms with Crippen LogP contribution in [0.1, 0.15) is 24.0 Å². The van der Waals surface area contributed by atoms with Crippen molar-refractivity contribution in [2.75, 3.05) is 6.54 Å². The summed E-state index contributed by atoms with van der Waals surface area (Å²) >= 11 is 0. The zero-order chi connectivity index (χ0) is 10.2. The van der Waals surface area contributed by atoms with Gasteiger partial charge in [0.1, 0.15) is 0 Å². The molecule has 1 rings (SSSR count). The van der Waals surface area contributed by atoms with Crippen LogP contribution in [0.3, 0.4) is 0 Å². The molecule has 1 aromatic rings. The smallest absolute Gasteiger partial charge is 0.00772 e. The highest BCUT2D eigenvalue weighted by Crippen LogP contribution is 2.08. The molecule has 0 saturated carbocycles. The molecule has 14 heavy (non-hydrogen) atoms. The second-order valence-corrected chi connectivity index (χ2v) is 3.56. The van der Waals surface area contributed by atoms with Crippen molar-refractivity contribution in [2.45, 2.75) is 25.7 Å². The number of hydrogen-bond acceptors (Lipinski definition) is 1. The predicted octanol–water partition coefficient (Wildman–Crippen LogP) is 2.70. The third kappa shape index (κ3) is 3.75. The number of rotatable bonds is 6. The van der Waals surface area contributed by atoms with Crippen LogP contribution in [0.4, 0.5) is 0 Å². The molecule has 0 atom stereocenters. The van der Waals surface area contributed by atoms with Gasteiger partial charge in [0.15, 0.2) is 0 Å². The maximum absolute atomic E-state index is 5.45. The maximum Gasteiger partial charge on any atom is -0.00772 e. The SMILES string of the molecule is C=CCc1ccc(CCCCN)cc1. The van der Waals surface area contributed by atoms with E-state index >= 15 is 0 Å². The molecule has 0 aliphatic heterocycles. The van der Waals surface area contributed by atoms with Crippen LogP contribution in [0, 0.1) is 0 Å². The Kier molecular flexibility index (Phi) is 5.02. The fraction of sp³-hybridized carbons (Fsp3) is 0.385. The fourth-order valence-corrected chi connectivity index (χ4v) is 1.48. The van der Waals surface area contributed by atoms with Gasteiger partial charge in [-0.05, 0) is 43.4 Å². The lowest BCUT2D eigenvalue weighted by Gasteiger charge is -2.02. The third-order valence-corrected chi connectivity index (χ3v) is 2.32. The molecule has 1 aromatic carbocycles. The molecule has 0 saturated heterocycles. The summed E-state index contributed by atoms with van der Waals surface area (Å²) < 4.78 is 0. The van der Waals surface area contributed by atoms with E-state index < -0.39 is 0 Å². The Labute approximate surface area is 86.6 Å². The van der Waals surface area contributed by atoms with Gasteiger partial charge in [0.25, 0.3) is 0 Å². The first kappa shape index (κ1) is 11.0. The highest BCUT2D eigenvalue weighted by molar-refractivity contribution is 5.23. The molecule has 1 nitrogen and oxygen atoms in total. The molecule has 1 heteroatoms. The zero-order valence-electron chi connectivity index (χ0n) is 8.71. The van der Waals surface area contributed by atoms with Crippen LogP contribution in [-0.2, 0) is 12.8 Å². The monoisotopic (exact) mass is 189 g/mol. The quantitative estimate of drug-likeness (QED) is 0.540. The molecule has 76 valence electrons. The van der Waals surface area contributed by atoms with Gasteiger partial charge in [-0.1, -0.05) is 30.3 Å². The highest BCUT2D eigenvalue weighted by atomic mass is 14.5. The summed E-state index contributed by atoms with van der Waals surface area (Å²) in [5, 5.41) is 0. The summed E-state index contributed by atoms with van der Waals surface area (Å²) in [4.78, 5) is 0. The number of aryl methyl sites for hydroxylation is 1. The summed E-state index contributed by atoms with van der Waals surface area (Å²) in [5.41, 5.74) is 8.19. The average molecular weight is 189 g/mol. The molecule has 2 N–H and O–H groups in total. The number of unbranched alkanes of at least 4 members (excludes halogenated alkanes) is 1. The Morgan fingerprint density at radius 3 is 2.29 bits per heavy atom. The van der Waals surface area contributed by atoms with Gasteiger partial charge in [0, 0.05) is 0 Å². The Hall–Kier alpha value is -1.08. The number of benzene rings is 1. The lowest BCUT2D eigenvalue weighted by molar-refractivity contribution is 0.744. The van der Waals surface area contributed by atoms with Gasteiger partial charge < -0.3 is 5.73 Å². The van der Waals surface area contributed by atoms with E-state index in [1.54, 1.807) is 0 Å². The zero-order valence-corrected chi connectivity index (χ0v) is 8.71. The van der Waals surface area contributed by atoms with Crippen LogP contribution in [0.5, 0.6) is 0 Å². The van der Waals surface area contributed by atoms with Gasteiger partial charge >= 0.3 is 0 Å². The van der Waals surface area contributed by atoms with Gasteiger partial charge in [-0.25, -0.2) is 0 Å². The number of allylic oxidation sites excluding steroid dienone is 1. The molecule has 0 fully saturated rings. The fourth-order valence-electron chi connectivity index (χ4n) is 1.48. The van der Waals surface area contributed by atoms with E-state index in [9.17, 15) is 0 Å². The maximum atomic E-state index is 5.45. The summed E-state index contributed by atoms with van der Waals surface area (Å²) in [7, 11) is 0. The number of nitrogens with two attached hydrogens (primary N) is 1. The lowest BCUT2D eigenvalue weighted by atomic mass is 10.0. The van der Waals surface area contributed by atoms with E-state index in [-0.39, 0.29) is 0 Å². The molecule has 0 radical (unpaired) electrons. The predicted molar refractivity (Wildman–Crippen MR) is 62.3 cm³/mol. The highest BCUT2D eigenvalue weighted by Gasteiger charge is 1.93. The summed E-state index contributed by atoms with van der Waals surface area (Å²) in [6.07, 6.45) is 6.35. The van der Waals surface area contributed by atoms with Gasteiger partial charge in [-0.3, -0.25) is 0 Å². The first-order valence-corrected chi connectivity index (χ1v) is 5.25. The molecule has 0 amide bonds. The minimum Gasteiger partial charge on any atom is -0.330 e. The average Bonchev–Trinajstić information content (AvgIpc) is 2.21. The third-order valence-electron chi connectivity index (χ3n) is 2.32. The molecular weight excluding hydrogens is 170 g/mol. The van der Waals surface area contributed by atoms with E-state index in [0.29, 0.717) is 0 Å². The molecule has 0 unspecified atom stereocenters. The lowest BCUT2D eigenvalue weighted by Crippen LogP contribution is -1.98. The van der Waals surface area contributed by atoms with Gasteiger partial charge in [-0.15, -0.1) is 6.58 Å². The molecule has 0 aromatic heterocycles. The van der Waals surface area contributed by atoms with E-state index in [0.717, 1.165) is 25.8 Å². The summed E-state index contributed by atoms with van der Waals surface area (Å²) in [6.45, 7) is 4.53. The Balaban J connectivity index is 2.42. The van der Waals surface area contributed by atoms with Crippen molar-refractivity contribution in [1.82, 2.24) is 0 Å². The van der Waals surface area contributed by atoms with E-state index in [1.165, 1.54) is 17.5 Å². The summed E-state index contributed by atoms with van der Waals surface area (Å²) in [6, 6.07) is 8.77. The van der Waals surface area contributed by atoms with Gasteiger partial charge in [-0.2, -0.15) is 0 Å². The van der Waals surface area contributed by atoms with Crippen LogP contribution in [0.25, 0.3) is 0 Å². The Bertz CT molecular complexity index is 261. The van der Waals surface area contributed by atoms with Crippen molar-refractivity contribution in [3.63, 3.8) is 0 Å². The second kappa shape index (κ2) is 6.39. The van der Waals surface area contributed by atoms with Gasteiger partial charge in [0.2, 0.25) is 0 Å². The molecular formula is C13H19N. The van der Waals surface area contributed by atoms with Crippen LogP contribution in [0.2, 0.25) is 0 Å². The Morgan fingerprint density at radius 2 is 1.71 bits per heavy atom. The standard InChI is InChI=1S/C13H19N/c1-2-5-12-7-9-13(10-8-12)6-3-4-11-14/h2,7-10H,1,3-6,11,14H2. The van der Waals surface area contributed by atoms with Crippen molar-refractivity contribution in [3.8, 4) is 0 Å². The minimum atomic E-state index is 0.800. The minimum absolute atomic E-state index is 0.800. The molecule has 0 heterocycles. The normalized spacial score (nSPS) is 10.1. The van der Waals surface area contributed by atoms with Crippen molar-refractivity contribution < 1.29 is 0 Å². The number of hydrogen-bond donors (Lipinski definition) is 1. The van der Waals surface area contributed by atoms with E-state index in [4.69, 9.17) is 5.73 Å². The van der Waals surface area contributed by atoms with Crippen molar-refractivity contribution in [1.29, 1.82) is 0 Å². The van der Waals surface area contributed by atoms with Crippen LogP contribution in [0.15, 0.2) is 36.9 Å². The van der Waals surface area contributed by atoms with E-state index in [2.05, 4.69) is 30.8 Å². The van der Waals surface area contributed by atoms with Crippen LogP contribution >= 0.6 is 0 Å².